The van der Waals surface area contributed by atoms with Gasteiger partial charge in [0.05, 0.1) is 10.4 Å². The van der Waals surface area contributed by atoms with Gasteiger partial charge in [0.25, 0.3) is 0 Å². The van der Waals surface area contributed by atoms with Crippen LogP contribution in [-0.2, 0) is 5.41 Å². The fourth-order valence-corrected chi connectivity index (χ4v) is 2.85. The molecule has 2 N–H and O–H groups in total. The highest BCUT2D eigenvalue weighted by Crippen LogP contribution is 2.40. The van der Waals surface area contributed by atoms with Crippen molar-refractivity contribution in [2.45, 2.75) is 31.1 Å². The topological polar surface area (TPSA) is 77.8 Å². The van der Waals surface area contributed by atoms with Crippen molar-refractivity contribution < 1.29 is 4.52 Å². The van der Waals surface area contributed by atoms with E-state index in [0.717, 1.165) is 25.7 Å². The number of pyridine rings is 1. The minimum atomic E-state index is -0.160. The molecule has 0 unspecified atom stereocenters. The highest BCUT2D eigenvalue weighted by Gasteiger charge is 2.39. The van der Waals surface area contributed by atoms with Crippen LogP contribution in [0, 0.1) is 0 Å². The summed E-state index contributed by atoms with van der Waals surface area (Å²) < 4.78 is 5.41. The normalized spacial score (nSPS) is 17.8. The molecule has 0 spiro atoms. The van der Waals surface area contributed by atoms with Crippen LogP contribution in [0.3, 0.4) is 0 Å². The third kappa shape index (κ3) is 2.13. The number of halogens is 1. The lowest BCUT2D eigenvalue weighted by atomic mass is 9.86. The second-order valence-electron chi connectivity index (χ2n) is 4.95. The lowest BCUT2D eigenvalue weighted by molar-refractivity contribution is 0.284. The van der Waals surface area contributed by atoms with Gasteiger partial charge in [-0.2, -0.15) is 4.98 Å². The van der Waals surface area contributed by atoms with E-state index in [-0.39, 0.29) is 5.41 Å². The molecular weight excluding hydrogens is 264 g/mol. The van der Waals surface area contributed by atoms with E-state index in [2.05, 4.69) is 15.1 Å². The minimum absolute atomic E-state index is 0.160. The Hall–Kier alpha value is -1.46. The maximum absolute atomic E-state index is 6.09. The van der Waals surface area contributed by atoms with Gasteiger partial charge in [0, 0.05) is 12.7 Å². The summed E-state index contributed by atoms with van der Waals surface area (Å²) in [7, 11) is 0. The standard InChI is InChI=1S/C13H15ClN4O/c14-9-4-3-7-16-10(9)11-17-12(19-18-11)13(8-15)5-1-2-6-13/h3-4,7H,1-2,5-6,8,15H2. The molecule has 0 radical (unpaired) electrons. The van der Waals surface area contributed by atoms with Gasteiger partial charge in [0.1, 0.15) is 5.69 Å². The molecule has 0 aromatic carbocycles. The van der Waals surface area contributed by atoms with Crippen molar-refractivity contribution in [1.82, 2.24) is 15.1 Å². The molecule has 2 aromatic rings. The molecule has 3 rings (SSSR count). The van der Waals surface area contributed by atoms with E-state index >= 15 is 0 Å². The maximum Gasteiger partial charge on any atom is 0.234 e. The minimum Gasteiger partial charge on any atom is -0.338 e. The molecule has 1 aliphatic carbocycles. The zero-order valence-electron chi connectivity index (χ0n) is 10.5. The zero-order chi connectivity index (χ0) is 13.3. The van der Waals surface area contributed by atoms with Crippen LogP contribution in [0.1, 0.15) is 31.6 Å². The number of rotatable bonds is 3. The SMILES string of the molecule is NCC1(c2nc(-c3ncccc3Cl)no2)CCCC1. The van der Waals surface area contributed by atoms with Gasteiger partial charge in [0.15, 0.2) is 0 Å². The van der Waals surface area contributed by atoms with Crippen LogP contribution in [0.25, 0.3) is 11.5 Å². The molecule has 100 valence electrons. The number of aromatic nitrogens is 3. The summed E-state index contributed by atoms with van der Waals surface area (Å²) in [5, 5.41) is 4.51. The van der Waals surface area contributed by atoms with Crippen molar-refractivity contribution in [3.63, 3.8) is 0 Å². The number of hydrogen-bond acceptors (Lipinski definition) is 5. The van der Waals surface area contributed by atoms with Crippen molar-refractivity contribution in [3.05, 3.63) is 29.2 Å². The molecule has 0 bridgehead atoms. The Labute approximate surface area is 116 Å². The molecule has 0 saturated heterocycles. The van der Waals surface area contributed by atoms with E-state index in [1.165, 1.54) is 0 Å². The lowest BCUT2D eigenvalue weighted by Crippen LogP contribution is -2.32. The van der Waals surface area contributed by atoms with Gasteiger partial charge in [-0.05, 0) is 25.0 Å². The molecule has 0 aliphatic heterocycles. The Morgan fingerprint density at radius 3 is 2.84 bits per heavy atom. The summed E-state index contributed by atoms with van der Waals surface area (Å²) in [5.74, 6) is 1.05. The van der Waals surface area contributed by atoms with Crippen LogP contribution < -0.4 is 5.73 Å². The molecule has 6 heteroatoms. The average molecular weight is 279 g/mol. The number of hydrogen-bond donors (Lipinski definition) is 1. The highest BCUT2D eigenvalue weighted by molar-refractivity contribution is 6.32. The third-order valence-electron chi connectivity index (χ3n) is 3.80. The Balaban J connectivity index is 1.98. The second-order valence-corrected chi connectivity index (χ2v) is 5.36. The summed E-state index contributed by atoms with van der Waals surface area (Å²) in [6.07, 6.45) is 5.96. The summed E-state index contributed by atoms with van der Waals surface area (Å²) >= 11 is 6.09. The van der Waals surface area contributed by atoms with Gasteiger partial charge < -0.3 is 10.3 Å². The van der Waals surface area contributed by atoms with E-state index in [1.54, 1.807) is 18.3 Å². The van der Waals surface area contributed by atoms with Crippen molar-refractivity contribution in [3.8, 4) is 11.5 Å². The molecule has 0 amide bonds. The van der Waals surface area contributed by atoms with Crippen LogP contribution in [0.15, 0.2) is 22.9 Å². The first-order chi connectivity index (χ1) is 9.25. The molecule has 19 heavy (non-hydrogen) atoms. The van der Waals surface area contributed by atoms with E-state index in [9.17, 15) is 0 Å². The van der Waals surface area contributed by atoms with Crippen molar-refractivity contribution in [2.24, 2.45) is 5.73 Å². The summed E-state index contributed by atoms with van der Waals surface area (Å²) in [6.45, 7) is 0.532. The number of nitrogens with zero attached hydrogens (tertiary/aromatic N) is 3. The summed E-state index contributed by atoms with van der Waals surface area (Å²) in [4.78, 5) is 8.65. The van der Waals surface area contributed by atoms with Crippen LogP contribution in [0.2, 0.25) is 5.02 Å². The van der Waals surface area contributed by atoms with Crippen molar-refractivity contribution >= 4 is 11.6 Å². The average Bonchev–Trinajstić information content (AvgIpc) is 3.09. The van der Waals surface area contributed by atoms with Gasteiger partial charge in [-0.25, -0.2) is 0 Å². The van der Waals surface area contributed by atoms with Gasteiger partial charge >= 0.3 is 0 Å². The van der Waals surface area contributed by atoms with E-state index in [0.29, 0.717) is 29.0 Å². The summed E-state index contributed by atoms with van der Waals surface area (Å²) in [5.41, 5.74) is 6.29. The van der Waals surface area contributed by atoms with Crippen LogP contribution in [0.4, 0.5) is 0 Å². The van der Waals surface area contributed by atoms with E-state index in [4.69, 9.17) is 21.9 Å². The first-order valence-electron chi connectivity index (χ1n) is 6.40. The molecule has 0 atom stereocenters. The molecular formula is C13H15ClN4O. The van der Waals surface area contributed by atoms with E-state index in [1.807, 2.05) is 0 Å². The molecule has 1 aliphatic rings. The molecule has 1 fully saturated rings. The molecule has 2 heterocycles. The molecule has 2 aromatic heterocycles. The fraction of sp³-hybridized carbons (Fsp3) is 0.462. The van der Waals surface area contributed by atoms with E-state index < -0.39 is 0 Å². The summed E-state index contributed by atoms with van der Waals surface area (Å²) in [6, 6.07) is 3.53. The quantitative estimate of drug-likeness (QED) is 0.933. The largest absolute Gasteiger partial charge is 0.338 e. The number of nitrogens with two attached hydrogens (primary N) is 1. The Bertz CT molecular complexity index is 578. The first kappa shape index (κ1) is 12.6. The second kappa shape index (κ2) is 4.90. The van der Waals surface area contributed by atoms with Gasteiger partial charge in [-0.15, -0.1) is 0 Å². The predicted molar refractivity (Wildman–Crippen MR) is 71.7 cm³/mol. The van der Waals surface area contributed by atoms with Crippen LogP contribution in [0.5, 0.6) is 0 Å². The van der Waals surface area contributed by atoms with Crippen LogP contribution >= 0.6 is 11.6 Å². The fourth-order valence-electron chi connectivity index (χ4n) is 2.64. The van der Waals surface area contributed by atoms with Crippen LogP contribution in [-0.4, -0.2) is 21.7 Å². The zero-order valence-corrected chi connectivity index (χ0v) is 11.2. The van der Waals surface area contributed by atoms with Crippen molar-refractivity contribution in [2.75, 3.05) is 6.54 Å². The molecule has 1 saturated carbocycles. The maximum atomic E-state index is 6.09. The van der Waals surface area contributed by atoms with Gasteiger partial charge in [0.2, 0.25) is 11.7 Å². The van der Waals surface area contributed by atoms with Gasteiger partial charge in [-0.3, -0.25) is 4.98 Å². The first-order valence-corrected chi connectivity index (χ1v) is 6.78. The predicted octanol–water partition coefficient (Wildman–Crippen LogP) is 2.56. The smallest absolute Gasteiger partial charge is 0.234 e. The third-order valence-corrected chi connectivity index (χ3v) is 4.11. The lowest BCUT2D eigenvalue weighted by Gasteiger charge is -2.21. The Kier molecular flexibility index (Phi) is 3.24. The van der Waals surface area contributed by atoms with Crippen molar-refractivity contribution in [1.29, 1.82) is 0 Å². The Morgan fingerprint density at radius 1 is 1.37 bits per heavy atom. The highest BCUT2D eigenvalue weighted by atomic mass is 35.5. The van der Waals surface area contributed by atoms with Gasteiger partial charge in [-0.1, -0.05) is 29.6 Å². The monoisotopic (exact) mass is 278 g/mol. The Morgan fingerprint density at radius 2 is 2.16 bits per heavy atom. The molecule has 5 nitrogen and oxygen atoms in total.